The van der Waals surface area contributed by atoms with Crippen LogP contribution in [-0.4, -0.2) is 54.9 Å². The molecule has 0 saturated carbocycles. The third-order valence-corrected chi connectivity index (χ3v) is 6.98. The van der Waals surface area contributed by atoms with Gasteiger partial charge in [0.05, 0.1) is 6.42 Å². The third kappa shape index (κ3) is 3.98. The molecule has 11 heteroatoms. The average molecular weight is 444 g/mol. The molecule has 2 atom stereocenters. The third-order valence-electron chi connectivity index (χ3n) is 4.53. The highest BCUT2D eigenvalue weighted by Gasteiger charge is 2.54. The molecular weight excluding hydrogens is 428 g/mol. The number of nitrogens with zero attached hydrogens (tertiary/aromatic N) is 2. The zero-order valence-electron chi connectivity index (χ0n) is 15.4. The molecule has 0 aliphatic carbocycles. The van der Waals surface area contributed by atoms with E-state index in [0.29, 0.717) is 10.7 Å². The van der Waals surface area contributed by atoms with E-state index in [1.165, 1.54) is 28.9 Å². The number of aromatic amines is 1. The lowest BCUT2D eigenvalue weighted by Crippen LogP contribution is -2.70. The number of carbonyl (C=O) groups is 3. The molecule has 1 fully saturated rings. The van der Waals surface area contributed by atoms with Crippen LogP contribution in [0, 0.1) is 0 Å². The molecule has 2 aromatic rings. The van der Waals surface area contributed by atoms with Gasteiger partial charge in [0.25, 0.3) is 11.5 Å². The van der Waals surface area contributed by atoms with Gasteiger partial charge in [0.15, 0.2) is 5.16 Å². The number of aliphatic carboxylic acids is 1. The zero-order chi connectivity index (χ0) is 21.3. The Balaban J connectivity index is 1.49. The predicted octanol–water partition coefficient (Wildman–Crippen LogP) is 0.801. The molecule has 4 rings (SSSR count). The molecule has 0 spiro atoms. The fraction of sp³-hybridized carbons (Fsp3) is 0.211. The van der Waals surface area contributed by atoms with Gasteiger partial charge in [0.1, 0.15) is 17.1 Å². The van der Waals surface area contributed by atoms with Crippen molar-refractivity contribution in [2.24, 2.45) is 0 Å². The molecule has 0 radical (unpaired) electrons. The van der Waals surface area contributed by atoms with Crippen molar-refractivity contribution < 1.29 is 19.5 Å². The van der Waals surface area contributed by atoms with Gasteiger partial charge in [0, 0.05) is 22.9 Å². The number of hydrogen-bond acceptors (Lipinski definition) is 7. The summed E-state index contributed by atoms with van der Waals surface area (Å²) in [5.41, 5.74) is 0.324. The van der Waals surface area contributed by atoms with E-state index in [1.807, 2.05) is 30.3 Å². The Kier molecular flexibility index (Phi) is 5.64. The van der Waals surface area contributed by atoms with Gasteiger partial charge < -0.3 is 15.4 Å². The maximum Gasteiger partial charge on any atom is 0.353 e. The van der Waals surface area contributed by atoms with Gasteiger partial charge in [-0.05, 0) is 5.56 Å². The second kappa shape index (κ2) is 8.36. The number of fused-ring (bicyclic) bond motifs is 1. The van der Waals surface area contributed by atoms with Crippen LogP contribution in [0.4, 0.5) is 0 Å². The number of nitrogens with one attached hydrogen (secondary N) is 2. The Morgan fingerprint density at radius 1 is 1.27 bits per heavy atom. The molecule has 0 bridgehead atoms. The summed E-state index contributed by atoms with van der Waals surface area (Å²) in [6.45, 7) is 0. The first kappa shape index (κ1) is 20.2. The molecule has 3 N–H and O–H groups in total. The predicted molar refractivity (Wildman–Crippen MR) is 111 cm³/mol. The molecule has 1 aromatic carbocycles. The van der Waals surface area contributed by atoms with Crippen LogP contribution in [0.25, 0.3) is 0 Å². The highest BCUT2D eigenvalue weighted by Crippen LogP contribution is 2.44. The second-order valence-corrected chi connectivity index (χ2v) is 8.72. The molecule has 9 nitrogen and oxygen atoms in total. The van der Waals surface area contributed by atoms with Crippen molar-refractivity contribution in [3.05, 3.63) is 69.1 Å². The van der Waals surface area contributed by atoms with Crippen molar-refractivity contribution >= 4 is 41.3 Å². The van der Waals surface area contributed by atoms with Gasteiger partial charge in [-0.2, -0.15) is 0 Å². The van der Waals surface area contributed by atoms with E-state index in [2.05, 4.69) is 15.3 Å². The van der Waals surface area contributed by atoms with Gasteiger partial charge >= 0.3 is 5.97 Å². The lowest BCUT2D eigenvalue weighted by molar-refractivity contribution is -0.150. The number of hydrogen-bond donors (Lipinski definition) is 3. The standard InChI is InChI=1S/C19H16N4O5S2/c24-12-6-7-20-19(22-12)30-11-9-29-17-14(16(26)23(17)15(11)18(27)28)21-13(25)8-10-4-2-1-3-5-10/h1-7,14,17H,8-9H2,(H,21,25)(H,27,28)(H,20,22,24)/t14?,17-/m1/s1. The zero-order valence-corrected chi connectivity index (χ0v) is 17.0. The van der Waals surface area contributed by atoms with E-state index in [4.69, 9.17) is 0 Å². The van der Waals surface area contributed by atoms with E-state index in [9.17, 15) is 24.3 Å². The van der Waals surface area contributed by atoms with Crippen molar-refractivity contribution in [3.8, 4) is 0 Å². The topological polar surface area (TPSA) is 132 Å². The van der Waals surface area contributed by atoms with Gasteiger partial charge in [0.2, 0.25) is 5.91 Å². The van der Waals surface area contributed by atoms with Crippen molar-refractivity contribution in [1.29, 1.82) is 0 Å². The number of carboxylic acids is 1. The maximum atomic E-state index is 12.7. The summed E-state index contributed by atoms with van der Waals surface area (Å²) in [4.78, 5) is 56.4. The molecule has 2 amide bonds. The van der Waals surface area contributed by atoms with Crippen molar-refractivity contribution in [1.82, 2.24) is 20.2 Å². The fourth-order valence-electron chi connectivity index (χ4n) is 3.20. The Labute approximate surface area is 179 Å². The lowest BCUT2D eigenvalue weighted by atomic mass is 10.0. The van der Waals surface area contributed by atoms with Gasteiger partial charge in [-0.3, -0.25) is 19.3 Å². The van der Waals surface area contributed by atoms with E-state index >= 15 is 0 Å². The Morgan fingerprint density at radius 2 is 2.03 bits per heavy atom. The first-order valence-electron chi connectivity index (χ1n) is 8.91. The summed E-state index contributed by atoms with van der Waals surface area (Å²) < 4.78 is 0. The van der Waals surface area contributed by atoms with Crippen molar-refractivity contribution in [2.75, 3.05) is 5.75 Å². The van der Waals surface area contributed by atoms with Crippen LogP contribution in [0.1, 0.15) is 5.56 Å². The second-order valence-electron chi connectivity index (χ2n) is 6.54. The Morgan fingerprint density at radius 3 is 2.73 bits per heavy atom. The van der Waals surface area contributed by atoms with Crippen molar-refractivity contribution in [2.45, 2.75) is 23.0 Å². The normalized spacial score (nSPS) is 20.4. The van der Waals surface area contributed by atoms with E-state index in [0.717, 1.165) is 17.3 Å². The Hall–Kier alpha value is -3.05. The Bertz CT molecular complexity index is 1100. The number of rotatable bonds is 6. The first-order valence-corrected chi connectivity index (χ1v) is 10.8. The van der Waals surface area contributed by atoms with Gasteiger partial charge in [-0.15, -0.1) is 11.8 Å². The van der Waals surface area contributed by atoms with Gasteiger partial charge in [-0.25, -0.2) is 9.78 Å². The molecule has 154 valence electrons. The molecule has 2 aliphatic heterocycles. The van der Waals surface area contributed by atoms with Gasteiger partial charge in [-0.1, -0.05) is 42.1 Å². The summed E-state index contributed by atoms with van der Waals surface area (Å²) >= 11 is 2.36. The lowest BCUT2D eigenvalue weighted by Gasteiger charge is -2.49. The van der Waals surface area contributed by atoms with Crippen LogP contribution in [-0.2, 0) is 20.8 Å². The van der Waals surface area contributed by atoms with E-state index < -0.39 is 23.3 Å². The summed E-state index contributed by atoms with van der Waals surface area (Å²) in [6, 6.07) is 9.62. The highest BCUT2D eigenvalue weighted by atomic mass is 32.2. The summed E-state index contributed by atoms with van der Waals surface area (Å²) in [7, 11) is 0. The van der Waals surface area contributed by atoms with Crippen LogP contribution in [0.5, 0.6) is 0 Å². The number of thioether (sulfide) groups is 2. The number of carboxylic acid groups (broad SMARTS) is 1. The molecule has 30 heavy (non-hydrogen) atoms. The smallest absolute Gasteiger partial charge is 0.353 e. The molecule has 2 aliphatic rings. The number of β-lactam (4-membered cyclic amide) rings is 1. The number of carbonyl (C=O) groups excluding carboxylic acids is 2. The van der Waals surface area contributed by atoms with Crippen LogP contribution in [0.15, 0.2) is 63.1 Å². The van der Waals surface area contributed by atoms with Crippen LogP contribution < -0.4 is 10.9 Å². The minimum atomic E-state index is -1.25. The minimum absolute atomic E-state index is 0.137. The number of benzene rings is 1. The number of H-pyrrole nitrogens is 1. The average Bonchev–Trinajstić information content (AvgIpc) is 2.72. The SMILES string of the molecule is O=C(Cc1ccccc1)NC1C(=O)N2C(C(=O)O)=C(Sc3nccc(=O)[nH]3)CS[C@H]12. The quantitative estimate of drug-likeness (QED) is 0.440. The summed E-state index contributed by atoms with van der Waals surface area (Å²) in [5, 5.41) is 12.2. The molecule has 1 saturated heterocycles. The largest absolute Gasteiger partial charge is 0.477 e. The van der Waals surface area contributed by atoms with Crippen LogP contribution >= 0.6 is 23.5 Å². The number of amides is 2. The number of aromatic nitrogens is 2. The van der Waals surface area contributed by atoms with Crippen LogP contribution in [0.2, 0.25) is 0 Å². The minimum Gasteiger partial charge on any atom is -0.477 e. The summed E-state index contributed by atoms with van der Waals surface area (Å²) in [5.74, 6) is -1.71. The molecular formula is C19H16N4O5S2. The van der Waals surface area contributed by atoms with Crippen LogP contribution in [0.3, 0.4) is 0 Å². The van der Waals surface area contributed by atoms with Crippen molar-refractivity contribution in [3.63, 3.8) is 0 Å². The fourth-order valence-corrected chi connectivity index (χ4v) is 5.61. The first-order chi connectivity index (χ1) is 14.4. The maximum absolute atomic E-state index is 12.7. The monoisotopic (exact) mass is 444 g/mol. The molecule has 1 aromatic heterocycles. The van der Waals surface area contributed by atoms with E-state index in [1.54, 1.807) is 0 Å². The molecule has 3 heterocycles. The summed E-state index contributed by atoms with van der Waals surface area (Å²) in [6.07, 6.45) is 1.46. The van der Waals surface area contributed by atoms with E-state index in [-0.39, 0.29) is 28.7 Å². The molecule has 1 unspecified atom stereocenters. The highest BCUT2D eigenvalue weighted by molar-refractivity contribution is 8.06.